The molecule has 1 amide bonds. The smallest absolute Gasteiger partial charge is 0.255 e. The predicted octanol–water partition coefficient (Wildman–Crippen LogP) is 3.87. The van der Waals surface area contributed by atoms with Crippen molar-refractivity contribution < 1.29 is 9.53 Å². The lowest BCUT2D eigenvalue weighted by Crippen LogP contribution is -2.13. The van der Waals surface area contributed by atoms with Crippen molar-refractivity contribution in [3.63, 3.8) is 0 Å². The molecular formula is C17H19NO2. The Labute approximate surface area is 119 Å². The standard InChI is InChI=1S/C17H19NO2/c1-11-5-6-12(2)15(9-11)17(19)18-14-7-8-16(20-4)13(3)10-14/h5-10H,1-4H3,(H,18,19). The third kappa shape index (κ3) is 2.99. The molecule has 20 heavy (non-hydrogen) atoms. The molecular weight excluding hydrogens is 250 g/mol. The molecule has 0 unspecified atom stereocenters. The third-order valence-electron chi connectivity index (χ3n) is 3.29. The Morgan fingerprint density at radius 3 is 2.40 bits per heavy atom. The van der Waals surface area contributed by atoms with Gasteiger partial charge in [0.15, 0.2) is 0 Å². The van der Waals surface area contributed by atoms with E-state index in [1.807, 2.05) is 57.2 Å². The van der Waals surface area contributed by atoms with E-state index in [2.05, 4.69) is 5.32 Å². The van der Waals surface area contributed by atoms with Gasteiger partial charge in [-0.2, -0.15) is 0 Å². The van der Waals surface area contributed by atoms with Crippen LogP contribution in [0.15, 0.2) is 36.4 Å². The molecule has 0 saturated heterocycles. The normalized spacial score (nSPS) is 10.2. The van der Waals surface area contributed by atoms with Gasteiger partial charge in [0, 0.05) is 11.3 Å². The van der Waals surface area contributed by atoms with Crippen LogP contribution >= 0.6 is 0 Å². The molecule has 0 heterocycles. The van der Waals surface area contributed by atoms with Crippen LogP contribution < -0.4 is 10.1 Å². The summed E-state index contributed by atoms with van der Waals surface area (Å²) in [6.07, 6.45) is 0. The highest BCUT2D eigenvalue weighted by molar-refractivity contribution is 6.05. The van der Waals surface area contributed by atoms with Gasteiger partial charge in [-0.3, -0.25) is 4.79 Å². The SMILES string of the molecule is COc1ccc(NC(=O)c2cc(C)ccc2C)cc1C. The lowest BCUT2D eigenvalue weighted by atomic mass is 10.0. The number of ether oxygens (including phenoxy) is 1. The Morgan fingerprint density at radius 2 is 1.75 bits per heavy atom. The minimum Gasteiger partial charge on any atom is -0.496 e. The second kappa shape index (κ2) is 5.78. The summed E-state index contributed by atoms with van der Waals surface area (Å²) in [5, 5.41) is 2.92. The van der Waals surface area contributed by atoms with E-state index in [9.17, 15) is 4.79 Å². The second-order valence-corrected chi connectivity index (χ2v) is 4.96. The Kier molecular flexibility index (Phi) is 4.08. The molecule has 2 rings (SSSR count). The molecule has 104 valence electrons. The van der Waals surface area contributed by atoms with Gasteiger partial charge in [0.25, 0.3) is 5.91 Å². The summed E-state index contributed by atoms with van der Waals surface area (Å²) in [5.41, 5.74) is 4.52. The van der Waals surface area contributed by atoms with E-state index in [1.165, 1.54) is 0 Å². The van der Waals surface area contributed by atoms with Crippen molar-refractivity contribution in [2.45, 2.75) is 20.8 Å². The van der Waals surface area contributed by atoms with Crippen LogP contribution in [0.4, 0.5) is 5.69 Å². The number of hydrogen-bond acceptors (Lipinski definition) is 2. The number of methoxy groups -OCH3 is 1. The van der Waals surface area contributed by atoms with E-state index in [1.54, 1.807) is 7.11 Å². The first kappa shape index (κ1) is 14.1. The minimum atomic E-state index is -0.0873. The summed E-state index contributed by atoms with van der Waals surface area (Å²) in [4.78, 5) is 12.3. The molecule has 0 aliphatic carbocycles. The quantitative estimate of drug-likeness (QED) is 0.918. The monoisotopic (exact) mass is 269 g/mol. The Bertz CT molecular complexity index is 647. The Balaban J connectivity index is 2.23. The molecule has 0 aromatic heterocycles. The average molecular weight is 269 g/mol. The van der Waals surface area contributed by atoms with Crippen LogP contribution in [0.5, 0.6) is 5.75 Å². The highest BCUT2D eigenvalue weighted by atomic mass is 16.5. The number of carbonyl (C=O) groups is 1. The fourth-order valence-electron chi connectivity index (χ4n) is 2.14. The van der Waals surface area contributed by atoms with Gasteiger partial charge in [-0.25, -0.2) is 0 Å². The Morgan fingerprint density at radius 1 is 1.00 bits per heavy atom. The molecule has 0 saturated carbocycles. The van der Waals surface area contributed by atoms with Gasteiger partial charge in [0.1, 0.15) is 5.75 Å². The first-order valence-corrected chi connectivity index (χ1v) is 6.54. The van der Waals surface area contributed by atoms with Gasteiger partial charge < -0.3 is 10.1 Å². The molecule has 2 aromatic carbocycles. The summed E-state index contributed by atoms with van der Waals surface area (Å²) >= 11 is 0. The van der Waals surface area contributed by atoms with Gasteiger partial charge >= 0.3 is 0 Å². The fraction of sp³-hybridized carbons (Fsp3) is 0.235. The highest BCUT2D eigenvalue weighted by Gasteiger charge is 2.10. The molecule has 3 nitrogen and oxygen atoms in total. The van der Waals surface area contributed by atoms with E-state index in [0.717, 1.165) is 28.1 Å². The zero-order chi connectivity index (χ0) is 14.7. The molecule has 0 aliphatic rings. The van der Waals surface area contributed by atoms with Crippen LogP contribution in [-0.4, -0.2) is 13.0 Å². The average Bonchev–Trinajstić information content (AvgIpc) is 2.41. The first-order chi connectivity index (χ1) is 9.51. The molecule has 0 bridgehead atoms. The number of aryl methyl sites for hydroxylation is 3. The number of rotatable bonds is 3. The maximum atomic E-state index is 12.3. The summed E-state index contributed by atoms with van der Waals surface area (Å²) < 4.78 is 5.21. The zero-order valence-electron chi connectivity index (χ0n) is 12.3. The predicted molar refractivity (Wildman–Crippen MR) is 81.6 cm³/mol. The molecule has 0 fully saturated rings. The van der Waals surface area contributed by atoms with Crippen LogP contribution in [0.2, 0.25) is 0 Å². The largest absolute Gasteiger partial charge is 0.496 e. The van der Waals surface area contributed by atoms with E-state index in [-0.39, 0.29) is 5.91 Å². The maximum absolute atomic E-state index is 12.3. The molecule has 2 aromatic rings. The molecule has 0 radical (unpaired) electrons. The van der Waals surface area contributed by atoms with Crippen LogP contribution in [0.3, 0.4) is 0 Å². The van der Waals surface area contributed by atoms with E-state index in [4.69, 9.17) is 4.74 Å². The highest BCUT2D eigenvalue weighted by Crippen LogP contribution is 2.22. The zero-order valence-corrected chi connectivity index (χ0v) is 12.3. The molecule has 3 heteroatoms. The van der Waals surface area contributed by atoms with Crippen LogP contribution in [0, 0.1) is 20.8 Å². The summed E-state index contributed by atoms with van der Waals surface area (Å²) in [5.74, 6) is 0.727. The summed E-state index contributed by atoms with van der Waals surface area (Å²) in [6, 6.07) is 11.5. The lowest BCUT2D eigenvalue weighted by molar-refractivity contribution is 0.102. The van der Waals surface area contributed by atoms with Crippen molar-refractivity contribution in [1.29, 1.82) is 0 Å². The van der Waals surface area contributed by atoms with Gasteiger partial charge in [-0.15, -0.1) is 0 Å². The Hall–Kier alpha value is -2.29. The molecule has 0 spiro atoms. The topological polar surface area (TPSA) is 38.3 Å². The number of amides is 1. The minimum absolute atomic E-state index is 0.0873. The summed E-state index contributed by atoms with van der Waals surface area (Å²) in [6.45, 7) is 5.87. The number of anilines is 1. The van der Waals surface area contributed by atoms with Crippen molar-refractivity contribution in [1.82, 2.24) is 0 Å². The van der Waals surface area contributed by atoms with Crippen molar-refractivity contribution in [3.05, 3.63) is 58.7 Å². The van der Waals surface area contributed by atoms with Crippen LogP contribution in [0.25, 0.3) is 0 Å². The van der Waals surface area contributed by atoms with Crippen molar-refractivity contribution in [2.75, 3.05) is 12.4 Å². The first-order valence-electron chi connectivity index (χ1n) is 6.54. The van der Waals surface area contributed by atoms with E-state index in [0.29, 0.717) is 5.56 Å². The second-order valence-electron chi connectivity index (χ2n) is 4.96. The van der Waals surface area contributed by atoms with Gasteiger partial charge in [0.05, 0.1) is 7.11 Å². The lowest BCUT2D eigenvalue weighted by Gasteiger charge is -2.11. The van der Waals surface area contributed by atoms with Gasteiger partial charge in [-0.05, 0) is 56.2 Å². The fourth-order valence-corrected chi connectivity index (χ4v) is 2.14. The number of hydrogen-bond donors (Lipinski definition) is 1. The number of benzene rings is 2. The number of nitrogens with one attached hydrogen (secondary N) is 1. The third-order valence-corrected chi connectivity index (χ3v) is 3.29. The van der Waals surface area contributed by atoms with Crippen molar-refractivity contribution >= 4 is 11.6 Å². The van der Waals surface area contributed by atoms with Gasteiger partial charge in [0.2, 0.25) is 0 Å². The van der Waals surface area contributed by atoms with Crippen LogP contribution in [-0.2, 0) is 0 Å². The van der Waals surface area contributed by atoms with Crippen molar-refractivity contribution in [3.8, 4) is 5.75 Å². The van der Waals surface area contributed by atoms with E-state index >= 15 is 0 Å². The van der Waals surface area contributed by atoms with E-state index < -0.39 is 0 Å². The van der Waals surface area contributed by atoms with Crippen LogP contribution in [0.1, 0.15) is 27.0 Å². The maximum Gasteiger partial charge on any atom is 0.255 e. The molecule has 0 aliphatic heterocycles. The van der Waals surface area contributed by atoms with Crippen molar-refractivity contribution in [2.24, 2.45) is 0 Å². The number of carbonyl (C=O) groups excluding carboxylic acids is 1. The molecule has 1 N–H and O–H groups in total. The molecule has 0 atom stereocenters. The summed E-state index contributed by atoms with van der Waals surface area (Å²) in [7, 11) is 1.64. The van der Waals surface area contributed by atoms with Gasteiger partial charge in [-0.1, -0.05) is 17.7 Å².